The molecule has 0 amide bonds. The van der Waals surface area contributed by atoms with E-state index < -0.39 is 17.4 Å². The molecule has 0 bridgehead atoms. The molecule has 0 aliphatic carbocycles. The molecule has 1 rings (SSSR count). The molecule has 1 unspecified atom stereocenters. The van der Waals surface area contributed by atoms with E-state index >= 15 is 0 Å². The minimum absolute atomic E-state index is 0.0932. The average Bonchev–Trinajstić information content (AvgIpc) is 2.56. The van der Waals surface area contributed by atoms with Gasteiger partial charge in [0.2, 0.25) is 5.43 Å². The normalized spacial score (nSPS) is 11.6. The van der Waals surface area contributed by atoms with Crippen molar-refractivity contribution in [1.82, 2.24) is 4.57 Å². The van der Waals surface area contributed by atoms with Crippen LogP contribution in [0.4, 0.5) is 0 Å². The largest absolute Gasteiger partial charge is 0.487 e. The molecular weight excluding hydrogens is 306 g/mol. The molecule has 0 spiro atoms. The van der Waals surface area contributed by atoms with Gasteiger partial charge in [0.1, 0.15) is 12.6 Å². The number of carbonyl (C=O) groups is 1. The predicted octanol–water partition coefficient (Wildman–Crippen LogP) is 1.72. The highest BCUT2D eigenvalue weighted by Crippen LogP contribution is 2.16. The molecule has 126 valence electrons. The number of carbonyl (C=O) groups excluding carboxylic acids is 1. The number of aromatic nitrogens is 1. The molecule has 0 aliphatic heterocycles. The maximum atomic E-state index is 12.0. The monoisotopic (exact) mass is 325 g/mol. The van der Waals surface area contributed by atoms with E-state index in [1.54, 1.807) is 0 Å². The molecule has 0 fully saturated rings. The third-order valence-electron chi connectivity index (χ3n) is 3.10. The van der Waals surface area contributed by atoms with Gasteiger partial charge < -0.3 is 14.0 Å². The Balaban J connectivity index is 3.25. The van der Waals surface area contributed by atoms with Gasteiger partial charge in [-0.3, -0.25) is 4.79 Å². The van der Waals surface area contributed by atoms with Crippen LogP contribution in [0.1, 0.15) is 30.3 Å². The number of rotatable bonds is 10. The predicted molar refractivity (Wildman–Crippen MR) is 82.7 cm³/mol. The van der Waals surface area contributed by atoms with Gasteiger partial charge in [0.05, 0.1) is 20.3 Å². The molecule has 9 heteroatoms. The number of nitroso groups, excluding NO2 is 2. The zero-order chi connectivity index (χ0) is 17.2. The van der Waals surface area contributed by atoms with Crippen molar-refractivity contribution in [3.63, 3.8) is 0 Å². The Kier molecular flexibility index (Phi) is 7.58. The fourth-order valence-corrected chi connectivity index (χ4v) is 1.91. The van der Waals surface area contributed by atoms with Crippen molar-refractivity contribution in [2.45, 2.75) is 32.4 Å². The van der Waals surface area contributed by atoms with Crippen molar-refractivity contribution in [2.24, 2.45) is 10.4 Å². The summed E-state index contributed by atoms with van der Waals surface area (Å²) in [6.07, 6.45) is 2.89. The standard InChI is InChI=1S/C14H19N3O6/c1-3-4-7-23-13-11(18)5-6-17(12(13)14(19)22-2)9-10(16-21)8-15-20/h5-6,10H,3-4,7-9H2,1-2H3. The van der Waals surface area contributed by atoms with E-state index in [2.05, 4.69) is 15.1 Å². The minimum Gasteiger partial charge on any atom is -0.487 e. The molecule has 1 heterocycles. The summed E-state index contributed by atoms with van der Waals surface area (Å²) in [5, 5.41) is 5.42. The molecule has 1 aromatic heterocycles. The number of nitrogens with zero attached hydrogens (tertiary/aromatic N) is 3. The van der Waals surface area contributed by atoms with Crippen molar-refractivity contribution in [1.29, 1.82) is 0 Å². The first-order chi connectivity index (χ1) is 11.1. The molecule has 0 aromatic carbocycles. The van der Waals surface area contributed by atoms with Gasteiger partial charge in [0.25, 0.3) is 0 Å². The van der Waals surface area contributed by atoms with E-state index in [-0.39, 0.29) is 31.1 Å². The molecule has 23 heavy (non-hydrogen) atoms. The molecule has 0 aliphatic rings. The fraction of sp³-hybridized carbons (Fsp3) is 0.571. The van der Waals surface area contributed by atoms with Crippen LogP contribution < -0.4 is 10.2 Å². The average molecular weight is 325 g/mol. The van der Waals surface area contributed by atoms with E-state index in [0.29, 0.717) is 6.42 Å². The Hall–Kier alpha value is -2.58. The Bertz CT molecular complexity index is 613. The van der Waals surface area contributed by atoms with Gasteiger partial charge in [0, 0.05) is 12.3 Å². The summed E-state index contributed by atoms with van der Waals surface area (Å²) in [4.78, 5) is 45.1. The Morgan fingerprint density at radius 3 is 2.70 bits per heavy atom. The molecule has 0 saturated carbocycles. The molecule has 0 saturated heterocycles. The van der Waals surface area contributed by atoms with Gasteiger partial charge in [-0.2, -0.15) is 9.81 Å². The van der Waals surface area contributed by atoms with Gasteiger partial charge in [-0.1, -0.05) is 23.7 Å². The lowest BCUT2D eigenvalue weighted by Gasteiger charge is -2.17. The number of hydrogen-bond donors (Lipinski definition) is 0. The fourth-order valence-electron chi connectivity index (χ4n) is 1.91. The third-order valence-corrected chi connectivity index (χ3v) is 3.10. The highest BCUT2D eigenvalue weighted by Gasteiger charge is 2.23. The van der Waals surface area contributed by atoms with Crippen LogP contribution in [0, 0.1) is 9.81 Å². The maximum absolute atomic E-state index is 12.0. The van der Waals surface area contributed by atoms with Crippen LogP contribution in [-0.4, -0.2) is 36.8 Å². The van der Waals surface area contributed by atoms with Crippen LogP contribution in [0.25, 0.3) is 0 Å². The second kappa shape index (κ2) is 9.44. The summed E-state index contributed by atoms with van der Waals surface area (Å²) < 4.78 is 11.4. The van der Waals surface area contributed by atoms with Gasteiger partial charge in [-0.15, -0.1) is 0 Å². The zero-order valence-electron chi connectivity index (χ0n) is 13.1. The summed E-state index contributed by atoms with van der Waals surface area (Å²) in [6, 6.07) is 0.256. The van der Waals surface area contributed by atoms with E-state index in [1.165, 1.54) is 23.9 Å². The number of pyridine rings is 1. The summed E-state index contributed by atoms with van der Waals surface area (Å²) in [5.74, 6) is -0.922. The number of methoxy groups -OCH3 is 1. The van der Waals surface area contributed by atoms with Crippen LogP contribution in [0.15, 0.2) is 27.4 Å². The highest BCUT2D eigenvalue weighted by molar-refractivity contribution is 5.90. The molecule has 1 atom stereocenters. The topological polar surface area (TPSA) is 116 Å². The number of ether oxygens (including phenoxy) is 2. The van der Waals surface area contributed by atoms with Crippen LogP contribution in [-0.2, 0) is 11.3 Å². The Morgan fingerprint density at radius 2 is 2.13 bits per heavy atom. The summed E-state index contributed by atoms with van der Waals surface area (Å²) in [7, 11) is 1.17. The van der Waals surface area contributed by atoms with Crippen molar-refractivity contribution in [3.05, 3.63) is 38.0 Å². The molecule has 0 radical (unpaired) electrons. The lowest BCUT2D eigenvalue weighted by atomic mass is 10.2. The Morgan fingerprint density at radius 1 is 1.39 bits per heavy atom. The molecular formula is C14H19N3O6. The first-order valence-corrected chi connectivity index (χ1v) is 7.15. The quantitative estimate of drug-likeness (QED) is 0.367. The van der Waals surface area contributed by atoms with E-state index in [1.807, 2.05) is 6.92 Å². The summed E-state index contributed by atoms with van der Waals surface area (Å²) in [5.41, 5.74) is -0.586. The van der Waals surface area contributed by atoms with Crippen molar-refractivity contribution in [2.75, 3.05) is 20.3 Å². The second-order valence-electron chi connectivity index (χ2n) is 4.77. The lowest BCUT2D eigenvalue weighted by molar-refractivity contribution is 0.0580. The van der Waals surface area contributed by atoms with Gasteiger partial charge in [0.15, 0.2) is 11.4 Å². The van der Waals surface area contributed by atoms with Crippen molar-refractivity contribution < 1.29 is 14.3 Å². The van der Waals surface area contributed by atoms with Crippen molar-refractivity contribution in [3.8, 4) is 5.75 Å². The minimum atomic E-state index is -0.957. The van der Waals surface area contributed by atoms with E-state index in [9.17, 15) is 19.4 Å². The lowest BCUT2D eigenvalue weighted by Crippen LogP contribution is -2.26. The smallest absolute Gasteiger partial charge is 0.358 e. The number of hydrogen-bond acceptors (Lipinski definition) is 8. The molecule has 9 nitrogen and oxygen atoms in total. The van der Waals surface area contributed by atoms with Crippen LogP contribution in [0.5, 0.6) is 5.75 Å². The summed E-state index contributed by atoms with van der Waals surface area (Å²) in [6.45, 7) is 1.80. The highest BCUT2D eigenvalue weighted by atomic mass is 16.5. The number of esters is 1. The van der Waals surface area contributed by atoms with E-state index in [0.717, 1.165) is 6.42 Å². The third kappa shape index (κ3) is 4.97. The van der Waals surface area contributed by atoms with Crippen LogP contribution >= 0.6 is 0 Å². The van der Waals surface area contributed by atoms with Gasteiger partial charge in [-0.25, -0.2) is 4.79 Å². The molecule has 1 aromatic rings. The maximum Gasteiger partial charge on any atom is 0.358 e. The van der Waals surface area contributed by atoms with Gasteiger partial charge >= 0.3 is 5.97 Å². The number of unbranched alkanes of at least 4 members (excludes halogenated alkanes) is 1. The molecule has 0 N–H and O–H groups in total. The van der Waals surface area contributed by atoms with Crippen LogP contribution in [0.2, 0.25) is 0 Å². The van der Waals surface area contributed by atoms with E-state index in [4.69, 9.17) is 4.74 Å². The van der Waals surface area contributed by atoms with Crippen LogP contribution in [0.3, 0.4) is 0 Å². The first kappa shape index (κ1) is 18.5. The SMILES string of the molecule is CCCCOc1c(C(=O)OC)n(CC(CN=O)N=O)ccc1=O. The second-order valence-corrected chi connectivity index (χ2v) is 4.77. The van der Waals surface area contributed by atoms with Gasteiger partial charge in [-0.05, 0) is 6.42 Å². The van der Waals surface area contributed by atoms with Crippen molar-refractivity contribution >= 4 is 5.97 Å². The first-order valence-electron chi connectivity index (χ1n) is 7.15. The zero-order valence-corrected chi connectivity index (χ0v) is 13.1. The Labute approximate surface area is 132 Å². The summed E-state index contributed by atoms with van der Waals surface area (Å²) >= 11 is 0.